The number of hydrogen-bond acceptors (Lipinski definition) is 3. The van der Waals surface area contributed by atoms with Gasteiger partial charge in [0.1, 0.15) is 12.1 Å². The van der Waals surface area contributed by atoms with E-state index in [9.17, 15) is 14.4 Å². The summed E-state index contributed by atoms with van der Waals surface area (Å²) in [5, 5.41) is 5.34. The Hall–Kier alpha value is -1.89. The van der Waals surface area contributed by atoms with Gasteiger partial charge in [0.2, 0.25) is 5.91 Å². The summed E-state index contributed by atoms with van der Waals surface area (Å²) in [5.41, 5.74) is 0.613. The summed E-state index contributed by atoms with van der Waals surface area (Å²) in [6.07, 6.45) is 0.474. The summed E-state index contributed by atoms with van der Waals surface area (Å²) in [5.74, 6) is -0.781. The maximum absolute atomic E-state index is 12.2. The Kier molecular flexibility index (Phi) is 4.55. The van der Waals surface area contributed by atoms with Gasteiger partial charge in [-0.05, 0) is 44.0 Å². The van der Waals surface area contributed by atoms with Crippen LogP contribution in [-0.2, 0) is 9.59 Å². The fourth-order valence-electron chi connectivity index (χ4n) is 2.23. The third-order valence-electron chi connectivity index (χ3n) is 3.82. The monoisotopic (exact) mass is 367 g/mol. The molecule has 1 fully saturated rings. The first-order valence-corrected chi connectivity index (χ1v) is 7.76. The molecule has 1 aliphatic rings. The number of benzene rings is 1. The molecular formula is C15H18BrN3O3. The van der Waals surface area contributed by atoms with E-state index in [1.165, 1.54) is 0 Å². The smallest absolute Gasteiger partial charge is 0.324 e. The average Bonchev–Trinajstić information content (AvgIpc) is 2.66. The molecule has 0 aliphatic carbocycles. The summed E-state index contributed by atoms with van der Waals surface area (Å²) in [4.78, 5) is 37.1. The van der Waals surface area contributed by atoms with Crippen LogP contribution >= 0.6 is 15.9 Å². The zero-order chi connectivity index (χ0) is 16.5. The second kappa shape index (κ2) is 6.08. The minimum absolute atomic E-state index is 0.296. The van der Waals surface area contributed by atoms with Crippen molar-refractivity contribution in [2.24, 2.45) is 0 Å². The van der Waals surface area contributed by atoms with Crippen LogP contribution in [0, 0.1) is 6.92 Å². The van der Waals surface area contributed by atoms with E-state index in [0.717, 1.165) is 14.9 Å². The quantitative estimate of drug-likeness (QED) is 0.802. The van der Waals surface area contributed by atoms with Gasteiger partial charge in [-0.1, -0.05) is 22.9 Å². The lowest BCUT2D eigenvalue weighted by Gasteiger charge is -2.19. The molecule has 6 nitrogen and oxygen atoms in total. The predicted octanol–water partition coefficient (Wildman–Crippen LogP) is 2.42. The molecule has 7 heteroatoms. The highest BCUT2D eigenvalue weighted by atomic mass is 79.9. The Morgan fingerprint density at radius 2 is 2.09 bits per heavy atom. The number of imide groups is 1. The molecular weight excluding hydrogens is 350 g/mol. The fraction of sp³-hybridized carbons (Fsp3) is 0.400. The number of carbonyl (C=O) groups is 3. The maximum Gasteiger partial charge on any atom is 0.325 e. The molecule has 1 atom stereocenters. The van der Waals surface area contributed by atoms with Gasteiger partial charge in [-0.25, -0.2) is 4.79 Å². The Labute approximate surface area is 137 Å². The molecule has 118 valence electrons. The minimum Gasteiger partial charge on any atom is -0.324 e. The molecule has 4 amide bonds. The molecule has 1 aliphatic heterocycles. The first-order chi connectivity index (χ1) is 10.3. The Morgan fingerprint density at radius 1 is 1.41 bits per heavy atom. The summed E-state index contributed by atoms with van der Waals surface area (Å²) < 4.78 is 0.913. The van der Waals surface area contributed by atoms with Gasteiger partial charge < -0.3 is 10.6 Å². The third kappa shape index (κ3) is 3.14. The molecule has 0 saturated carbocycles. The van der Waals surface area contributed by atoms with Crippen molar-refractivity contribution in [1.29, 1.82) is 0 Å². The standard InChI is InChI=1S/C15H18BrN3O3/c1-4-15(3)13(21)19(14(22)18-15)8-12(20)17-11-6-5-10(16)7-9(11)2/h5-7H,4,8H2,1-3H3,(H,17,20)(H,18,22)/t15-/m1/s1. The molecule has 2 rings (SSSR count). The molecule has 0 spiro atoms. The van der Waals surface area contributed by atoms with E-state index >= 15 is 0 Å². The van der Waals surface area contributed by atoms with E-state index in [-0.39, 0.29) is 12.5 Å². The molecule has 2 N–H and O–H groups in total. The topological polar surface area (TPSA) is 78.5 Å². The first-order valence-electron chi connectivity index (χ1n) is 6.97. The largest absolute Gasteiger partial charge is 0.325 e. The molecule has 1 aromatic carbocycles. The SMILES string of the molecule is CC[C@@]1(C)NC(=O)N(CC(=O)Nc2ccc(Br)cc2C)C1=O. The lowest BCUT2D eigenvalue weighted by molar-refractivity contribution is -0.133. The summed E-state index contributed by atoms with van der Waals surface area (Å²) in [7, 11) is 0. The van der Waals surface area contributed by atoms with Crippen LogP contribution in [0.2, 0.25) is 0 Å². The number of nitrogens with one attached hydrogen (secondary N) is 2. The second-order valence-electron chi connectivity index (χ2n) is 5.51. The average molecular weight is 368 g/mol. The number of rotatable bonds is 4. The van der Waals surface area contributed by atoms with E-state index in [1.807, 2.05) is 26.0 Å². The van der Waals surface area contributed by atoms with Crippen LogP contribution in [0.4, 0.5) is 10.5 Å². The summed E-state index contributed by atoms with van der Waals surface area (Å²) in [6, 6.07) is 4.92. The Balaban J connectivity index is 2.06. The number of halogens is 1. The van der Waals surface area contributed by atoms with Gasteiger partial charge in [-0.2, -0.15) is 0 Å². The van der Waals surface area contributed by atoms with E-state index in [1.54, 1.807) is 13.0 Å². The van der Waals surface area contributed by atoms with Crippen LogP contribution in [0.5, 0.6) is 0 Å². The number of carbonyl (C=O) groups excluding carboxylic acids is 3. The van der Waals surface area contributed by atoms with Crippen molar-refractivity contribution in [3.05, 3.63) is 28.2 Å². The van der Waals surface area contributed by atoms with Gasteiger partial charge >= 0.3 is 6.03 Å². The normalized spacial score (nSPS) is 21.0. The Morgan fingerprint density at radius 3 is 2.64 bits per heavy atom. The minimum atomic E-state index is -0.926. The molecule has 1 heterocycles. The maximum atomic E-state index is 12.2. The highest BCUT2D eigenvalue weighted by molar-refractivity contribution is 9.10. The van der Waals surface area contributed by atoms with Gasteiger partial charge in [-0.15, -0.1) is 0 Å². The summed E-state index contributed by atoms with van der Waals surface area (Å²) in [6.45, 7) is 5.04. The van der Waals surface area contributed by atoms with Crippen LogP contribution in [0.25, 0.3) is 0 Å². The number of hydrogen-bond donors (Lipinski definition) is 2. The number of nitrogens with zero attached hydrogens (tertiary/aromatic N) is 1. The number of urea groups is 1. The van der Waals surface area contributed by atoms with E-state index in [0.29, 0.717) is 12.1 Å². The van der Waals surface area contributed by atoms with Crippen LogP contribution in [0.3, 0.4) is 0 Å². The zero-order valence-electron chi connectivity index (χ0n) is 12.7. The van der Waals surface area contributed by atoms with E-state index in [4.69, 9.17) is 0 Å². The van der Waals surface area contributed by atoms with Crippen LogP contribution in [0.1, 0.15) is 25.8 Å². The van der Waals surface area contributed by atoms with Crippen LogP contribution < -0.4 is 10.6 Å². The first kappa shape index (κ1) is 16.5. The van der Waals surface area contributed by atoms with Gasteiger partial charge in [0, 0.05) is 10.2 Å². The molecule has 1 aromatic rings. The third-order valence-corrected chi connectivity index (χ3v) is 4.31. The van der Waals surface area contributed by atoms with Crippen LogP contribution in [-0.4, -0.2) is 34.8 Å². The van der Waals surface area contributed by atoms with Gasteiger partial charge in [0.15, 0.2) is 0 Å². The van der Waals surface area contributed by atoms with Crippen molar-refractivity contribution in [1.82, 2.24) is 10.2 Å². The molecule has 0 aromatic heterocycles. The molecule has 1 saturated heterocycles. The fourth-order valence-corrected chi connectivity index (χ4v) is 2.71. The van der Waals surface area contributed by atoms with Gasteiger partial charge in [0.05, 0.1) is 0 Å². The van der Waals surface area contributed by atoms with Crippen molar-refractivity contribution in [3.63, 3.8) is 0 Å². The lowest BCUT2D eigenvalue weighted by Crippen LogP contribution is -2.44. The van der Waals surface area contributed by atoms with Gasteiger partial charge in [-0.3, -0.25) is 14.5 Å². The summed E-state index contributed by atoms with van der Waals surface area (Å²) >= 11 is 3.35. The molecule has 22 heavy (non-hydrogen) atoms. The van der Waals surface area contributed by atoms with Crippen LogP contribution in [0.15, 0.2) is 22.7 Å². The molecule has 0 bridgehead atoms. The number of amides is 4. The zero-order valence-corrected chi connectivity index (χ0v) is 14.3. The van der Waals surface area contributed by atoms with Crippen molar-refractivity contribution >= 4 is 39.5 Å². The highest BCUT2D eigenvalue weighted by Gasteiger charge is 2.46. The van der Waals surface area contributed by atoms with Crippen molar-refractivity contribution < 1.29 is 14.4 Å². The van der Waals surface area contributed by atoms with E-state index < -0.39 is 17.5 Å². The number of aryl methyl sites for hydroxylation is 1. The predicted molar refractivity (Wildman–Crippen MR) is 86.4 cm³/mol. The Bertz CT molecular complexity index is 647. The highest BCUT2D eigenvalue weighted by Crippen LogP contribution is 2.22. The molecule has 0 unspecified atom stereocenters. The number of anilines is 1. The second-order valence-corrected chi connectivity index (χ2v) is 6.43. The molecule has 0 radical (unpaired) electrons. The van der Waals surface area contributed by atoms with Crippen molar-refractivity contribution in [2.75, 3.05) is 11.9 Å². The lowest BCUT2D eigenvalue weighted by atomic mass is 9.99. The van der Waals surface area contributed by atoms with Crippen molar-refractivity contribution in [3.8, 4) is 0 Å². The van der Waals surface area contributed by atoms with E-state index in [2.05, 4.69) is 26.6 Å². The van der Waals surface area contributed by atoms with Crippen molar-refractivity contribution in [2.45, 2.75) is 32.7 Å². The van der Waals surface area contributed by atoms with Gasteiger partial charge in [0.25, 0.3) is 5.91 Å².